The van der Waals surface area contributed by atoms with Gasteiger partial charge in [0.1, 0.15) is 5.15 Å². The molecule has 1 aromatic carbocycles. The first-order chi connectivity index (χ1) is 6.68. The molecule has 0 amide bonds. The molecule has 1 aromatic heterocycles. The van der Waals surface area contributed by atoms with Gasteiger partial charge in [-0.1, -0.05) is 23.7 Å². The van der Waals surface area contributed by atoms with Gasteiger partial charge in [0.15, 0.2) is 0 Å². The minimum Gasteiger partial charge on any atom is -0.399 e. The van der Waals surface area contributed by atoms with Crippen LogP contribution in [0.25, 0.3) is 11.1 Å². The SMILES string of the molecule is Cn1ncc(-c2ccc(N)cc2)c1Cl. The van der Waals surface area contributed by atoms with Gasteiger partial charge in [-0.25, -0.2) is 0 Å². The molecule has 1 heterocycles. The zero-order chi connectivity index (χ0) is 10.1. The molecule has 0 unspecified atom stereocenters. The van der Waals surface area contributed by atoms with Gasteiger partial charge in [0.2, 0.25) is 0 Å². The quantitative estimate of drug-likeness (QED) is 0.730. The standard InChI is InChI=1S/C10H10ClN3/c1-14-10(11)9(6-13-14)7-2-4-8(12)5-3-7/h2-6H,12H2,1H3. The summed E-state index contributed by atoms with van der Waals surface area (Å²) in [5.41, 5.74) is 8.29. The lowest BCUT2D eigenvalue weighted by molar-refractivity contribution is 0.769. The molecule has 14 heavy (non-hydrogen) atoms. The van der Waals surface area contributed by atoms with Crippen LogP contribution in [-0.4, -0.2) is 9.78 Å². The van der Waals surface area contributed by atoms with E-state index in [0.29, 0.717) is 5.15 Å². The van der Waals surface area contributed by atoms with Crippen LogP contribution in [-0.2, 0) is 7.05 Å². The van der Waals surface area contributed by atoms with Gasteiger partial charge >= 0.3 is 0 Å². The minimum absolute atomic E-state index is 0.634. The Kier molecular flexibility index (Phi) is 2.17. The Morgan fingerprint density at radius 2 is 1.93 bits per heavy atom. The van der Waals surface area contributed by atoms with Crippen molar-refractivity contribution in [1.82, 2.24) is 9.78 Å². The summed E-state index contributed by atoms with van der Waals surface area (Å²) in [5.74, 6) is 0. The van der Waals surface area contributed by atoms with Crippen molar-refractivity contribution < 1.29 is 0 Å². The van der Waals surface area contributed by atoms with Crippen molar-refractivity contribution in [3.63, 3.8) is 0 Å². The number of aryl methyl sites for hydroxylation is 1. The maximum Gasteiger partial charge on any atom is 0.134 e. The molecular formula is C10H10ClN3. The fraction of sp³-hybridized carbons (Fsp3) is 0.100. The molecule has 0 saturated heterocycles. The van der Waals surface area contributed by atoms with E-state index >= 15 is 0 Å². The van der Waals surface area contributed by atoms with Crippen LogP contribution in [0.3, 0.4) is 0 Å². The van der Waals surface area contributed by atoms with Gasteiger partial charge in [0, 0.05) is 18.3 Å². The third-order valence-electron chi connectivity index (χ3n) is 2.09. The van der Waals surface area contributed by atoms with E-state index in [9.17, 15) is 0 Å². The Labute approximate surface area is 87.1 Å². The Balaban J connectivity index is 2.49. The molecule has 3 nitrogen and oxygen atoms in total. The average Bonchev–Trinajstić information content (AvgIpc) is 2.50. The Bertz CT molecular complexity index is 445. The van der Waals surface area contributed by atoms with Crippen LogP contribution in [0.5, 0.6) is 0 Å². The highest BCUT2D eigenvalue weighted by molar-refractivity contribution is 6.32. The fourth-order valence-electron chi connectivity index (χ4n) is 1.28. The van der Waals surface area contributed by atoms with Crippen molar-refractivity contribution in [1.29, 1.82) is 0 Å². The van der Waals surface area contributed by atoms with E-state index in [-0.39, 0.29) is 0 Å². The molecule has 0 aliphatic rings. The van der Waals surface area contributed by atoms with Crippen LogP contribution in [0.15, 0.2) is 30.5 Å². The highest BCUT2D eigenvalue weighted by Gasteiger charge is 2.07. The maximum absolute atomic E-state index is 6.05. The van der Waals surface area contributed by atoms with E-state index < -0.39 is 0 Å². The number of nitrogens with two attached hydrogens (primary N) is 1. The normalized spacial score (nSPS) is 10.4. The first-order valence-electron chi connectivity index (χ1n) is 4.22. The summed E-state index contributed by atoms with van der Waals surface area (Å²) < 4.78 is 1.63. The van der Waals surface area contributed by atoms with Crippen LogP contribution in [0.4, 0.5) is 5.69 Å². The topological polar surface area (TPSA) is 43.8 Å². The maximum atomic E-state index is 6.05. The van der Waals surface area contributed by atoms with E-state index in [4.69, 9.17) is 17.3 Å². The number of hydrogen-bond donors (Lipinski definition) is 1. The van der Waals surface area contributed by atoms with Gasteiger partial charge < -0.3 is 5.73 Å². The smallest absolute Gasteiger partial charge is 0.134 e. The summed E-state index contributed by atoms with van der Waals surface area (Å²) in [7, 11) is 1.81. The van der Waals surface area contributed by atoms with Gasteiger partial charge in [0.05, 0.1) is 6.20 Å². The summed E-state index contributed by atoms with van der Waals surface area (Å²) in [4.78, 5) is 0. The predicted octanol–water partition coefficient (Wildman–Crippen LogP) is 2.32. The van der Waals surface area contributed by atoms with Crippen LogP contribution >= 0.6 is 11.6 Å². The van der Waals surface area contributed by atoms with Crippen LogP contribution in [0, 0.1) is 0 Å². The second-order valence-corrected chi connectivity index (χ2v) is 3.45. The van der Waals surface area contributed by atoms with Crippen LogP contribution < -0.4 is 5.73 Å². The average molecular weight is 208 g/mol. The van der Waals surface area contributed by atoms with Gasteiger partial charge in [-0.15, -0.1) is 0 Å². The molecule has 0 fully saturated rings. The lowest BCUT2D eigenvalue weighted by Crippen LogP contribution is -1.88. The van der Waals surface area contributed by atoms with Crippen molar-refractivity contribution in [2.24, 2.45) is 7.05 Å². The monoisotopic (exact) mass is 207 g/mol. The van der Waals surface area contributed by atoms with Crippen molar-refractivity contribution in [3.05, 3.63) is 35.6 Å². The molecule has 0 radical (unpaired) electrons. The molecule has 0 aliphatic carbocycles. The molecule has 0 aliphatic heterocycles. The summed E-state index contributed by atoms with van der Waals surface area (Å²) >= 11 is 6.05. The van der Waals surface area contributed by atoms with E-state index in [2.05, 4.69) is 5.10 Å². The lowest BCUT2D eigenvalue weighted by Gasteiger charge is -1.99. The molecule has 2 aromatic rings. The zero-order valence-corrected chi connectivity index (χ0v) is 8.49. The number of rotatable bonds is 1. The van der Waals surface area contributed by atoms with Gasteiger partial charge in [0.25, 0.3) is 0 Å². The number of nitrogens with zero attached hydrogens (tertiary/aromatic N) is 2. The predicted molar refractivity (Wildman–Crippen MR) is 58.1 cm³/mol. The highest BCUT2D eigenvalue weighted by Crippen LogP contribution is 2.27. The Morgan fingerprint density at radius 1 is 1.29 bits per heavy atom. The highest BCUT2D eigenvalue weighted by atomic mass is 35.5. The van der Waals surface area contributed by atoms with Crippen molar-refractivity contribution in [2.75, 3.05) is 5.73 Å². The number of hydrogen-bond acceptors (Lipinski definition) is 2. The Hall–Kier alpha value is -1.48. The second kappa shape index (κ2) is 3.35. The minimum atomic E-state index is 0.634. The van der Waals surface area contributed by atoms with Gasteiger partial charge in [-0.2, -0.15) is 5.10 Å². The first-order valence-corrected chi connectivity index (χ1v) is 4.59. The Morgan fingerprint density at radius 3 is 2.43 bits per heavy atom. The first kappa shape index (κ1) is 9.09. The molecule has 0 bridgehead atoms. The van der Waals surface area contributed by atoms with Crippen LogP contribution in [0.1, 0.15) is 0 Å². The molecule has 0 atom stereocenters. The molecular weight excluding hydrogens is 198 g/mol. The number of nitrogen functional groups attached to an aromatic ring is 1. The largest absolute Gasteiger partial charge is 0.399 e. The van der Waals surface area contributed by atoms with Gasteiger partial charge in [-0.3, -0.25) is 4.68 Å². The number of anilines is 1. The summed E-state index contributed by atoms with van der Waals surface area (Å²) in [6, 6.07) is 7.55. The third kappa shape index (κ3) is 1.46. The molecule has 0 saturated carbocycles. The molecule has 0 spiro atoms. The van der Waals surface area contributed by atoms with Gasteiger partial charge in [-0.05, 0) is 17.7 Å². The van der Waals surface area contributed by atoms with E-state index in [1.165, 1.54) is 0 Å². The number of halogens is 1. The van der Waals surface area contributed by atoms with Crippen molar-refractivity contribution in [3.8, 4) is 11.1 Å². The molecule has 2 rings (SSSR count). The van der Waals surface area contributed by atoms with Crippen molar-refractivity contribution in [2.45, 2.75) is 0 Å². The fourth-order valence-corrected chi connectivity index (χ4v) is 1.48. The third-order valence-corrected chi connectivity index (χ3v) is 2.54. The van der Waals surface area contributed by atoms with Crippen molar-refractivity contribution >= 4 is 17.3 Å². The second-order valence-electron chi connectivity index (χ2n) is 3.09. The molecule has 72 valence electrons. The zero-order valence-electron chi connectivity index (χ0n) is 7.74. The van der Waals surface area contributed by atoms with E-state index in [1.807, 2.05) is 31.3 Å². The molecule has 2 N–H and O–H groups in total. The number of benzene rings is 1. The summed E-state index contributed by atoms with van der Waals surface area (Å²) in [6.07, 6.45) is 1.74. The summed E-state index contributed by atoms with van der Waals surface area (Å²) in [6.45, 7) is 0. The lowest BCUT2D eigenvalue weighted by atomic mass is 10.1. The van der Waals surface area contributed by atoms with E-state index in [1.54, 1.807) is 10.9 Å². The summed E-state index contributed by atoms with van der Waals surface area (Å²) in [5, 5.41) is 4.70. The molecule has 4 heteroatoms. The van der Waals surface area contributed by atoms with E-state index in [0.717, 1.165) is 16.8 Å². The van der Waals surface area contributed by atoms with Crippen LogP contribution in [0.2, 0.25) is 5.15 Å². The number of aromatic nitrogens is 2.